The lowest BCUT2D eigenvalue weighted by Gasteiger charge is -2.29. The Morgan fingerprint density at radius 3 is 2.44 bits per heavy atom. The summed E-state index contributed by atoms with van der Waals surface area (Å²) < 4.78 is 5.19. The zero-order chi connectivity index (χ0) is 17.5. The molecule has 0 spiro atoms. The number of hydrogen-bond acceptors (Lipinski definition) is 2. The highest BCUT2D eigenvalue weighted by molar-refractivity contribution is 5.91. The molecule has 0 unspecified atom stereocenters. The van der Waals surface area contributed by atoms with Crippen LogP contribution in [0.4, 0.5) is 5.69 Å². The number of anilines is 1. The van der Waals surface area contributed by atoms with Crippen molar-refractivity contribution in [1.82, 2.24) is 0 Å². The van der Waals surface area contributed by atoms with Crippen molar-refractivity contribution in [2.24, 2.45) is 0 Å². The highest BCUT2D eigenvalue weighted by atomic mass is 16.5. The average molecular weight is 341 g/mol. The quantitative estimate of drug-likeness (QED) is 0.671. The van der Waals surface area contributed by atoms with Crippen LogP contribution in [0.5, 0.6) is 5.75 Å². The van der Waals surface area contributed by atoms with Crippen molar-refractivity contribution < 1.29 is 19.3 Å². The van der Waals surface area contributed by atoms with Crippen LogP contribution in [0, 0.1) is 0 Å². The first kappa shape index (κ1) is 17.5. The van der Waals surface area contributed by atoms with Crippen LogP contribution in [0.2, 0.25) is 0 Å². The summed E-state index contributed by atoms with van der Waals surface area (Å²) in [5, 5.41) is 2.97. The van der Waals surface area contributed by atoms with E-state index in [9.17, 15) is 4.79 Å². The fraction of sp³-hybridized carbons (Fsp3) is 0.350. The first-order chi connectivity index (χ1) is 12.2. The highest BCUT2D eigenvalue weighted by Gasteiger charge is 2.24. The lowest BCUT2D eigenvalue weighted by molar-refractivity contribution is -1.02. The maximum Gasteiger partial charge on any atom is 0.279 e. The third kappa shape index (κ3) is 5.31. The van der Waals surface area contributed by atoms with Gasteiger partial charge in [0.1, 0.15) is 38.5 Å². The zero-order valence-corrected chi connectivity index (χ0v) is 14.8. The minimum Gasteiger partial charge on any atom is -0.497 e. The normalized spacial score (nSPS) is 20.0. The molecule has 0 radical (unpaired) electrons. The minimum atomic E-state index is 0.0646. The van der Waals surface area contributed by atoms with Gasteiger partial charge >= 0.3 is 0 Å². The number of amides is 1. The second-order valence-corrected chi connectivity index (χ2v) is 6.62. The van der Waals surface area contributed by atoms with E-state index in [1.807, 2.05) is 24.3 Å². The van der Waals surface area contributed by atoms with E-state index in [0.29, 0.717) is 6.54 Å². The predicted octanol–water partition coefficient (Wildman–Crippen LogP) is -0.383. The number of benzene rings is 2. The Morgan fingerprint density at radius 2 is 1.72 bits per heavy atom. The fourth-order valence-electron chi connectivity index (χ4n) is 3.33. The van der Waals surface area contributed by atoms with Gasteiger partial charge in [0.2, 0.25) is 0 Å². The molecule has 0 aromatic heterocycles. The monoisotopic (exact) mass is 341 g/mol. The molecule has 0 saturated carbocycles. The van der Waals surface area contributed by atoms with E-state index < -0.39 is 0 Å². The summed E-state index contributed by atoms with van der Waals surface area (Å²) in [7, 11) is 1.63. The third-order valence-corrected chi connectivity index (χ3v) is 4.73. The smallest absolute Gasteiger partial charge is 0.279 e. The van der Waals surface area contributed by atoms with Crippen molar-refractivity contribution in [3.8, 4) is 5.75 Å². The molecule has 1 saturated heterocycles. The Hall–Kier alpha value is -2.37. The van der Waals surface area contributed by atoms with Crippen molar-refractivity contribution in [3.63, 3.8) is 0 Å². The van der Waals surface area contributed by atoms with Crippen molar-refractivity contribution in [3.05, 3.63) is 60.2 Å². The molecule has 0 bridgehead atoms. The Bertz CT molecular complexity index is 682. The van der Waals surface area contributed by atoms with Gasteiger partial charge in [-0.05, 0) is 12.1 Å². The number of carbonyl (C=O) groups is 1. The van der Waals surface area contributed by atoms with E-state index >= 15 is 0 Å². The highest BCUT2D eigenvalue weighted by Crippen LogP contribution is 2.16. The van der Waals surface area contributed by atoms with Crippen molar-refractivity contribution in [2.75, 3.05) is 45.2 Å². The van der Waals surface area contributed by atoms with Gasteiger partial charge in [0.25, 0.3) is 5.91 Å². The SMILES string of the molecule is COc1cccc(NC(=O)C[NH+]2CC[NH+](Cc3ccccc3)CC2)c1. The Morgan fingerprint density at radius 1 is 1.00 bits per heavy atom. The van der Waals surface area contributed by atoms with E-state index in [0.717, 1.165) is 44.2 Å². The number of hydrogen-bond donors (Lipinski definition) is 3. The summed E-state index contributed by atoms with van der Waals surface area (Å²) in [6.07, 6.45) is 0. The van der Waals surface area contributed by atoms with Gasteiger partial charge in [-0.25, -0.2) is 0 Å². The van der Waals surface area contributed by atoms with Gasteiger partial charge in [-0.3, -0.25) is 4.79 Å². The molecule has 0 atom stereocenters. The van der Waals surface area contributed by atoms with Crippen molar-refractivity contribution in [1.29, 1.82) is 0 Å². The number of rotatable bonds is 6. The van der Waals surface area contributed by atoms with Crippen LogP contribution >= 0.6 is 0 Å². The number of carbonyl (C=O) groups excluding carboxylic acids is 1. The van der Waals surface area contributed by atoms with E-state index in [4.69, 9.17) is 4.74 Å². The van der Waals surface area contributed by atoms with Gasteiger partial charge in [0.15, 0.2) is 6.54 Å². The van der Waals surface area contributed by atoms with Crippen LogP contribution in [-0.4, -0.2) is 45.7 Å². The molecular weight excluding hydrogens is 314 g/mol. The van der Waals surface area contributed by atoms with Gasteiger partial charge in [-0.15, -0.1) is 0 Å². The predicted molar refractivity (Wildman–Crippen MR) is 98.0 cm³/mol. The van der Waals surface area contributed by atoms with Crippen LogP contribution in [-0.2, 0) is 11.3 Å². The van der Waals surface area contributed by atoms with Crippen LogP contribution in [0.15, 0.2) is 54.6 Å². The summed E-state index contributed by atoms with van der Waals surface area (Å²) in [6.45, 7) is 5.88. The molecule has 0 aliphatic carbocycles. The molecule has 1 heterocycles. The molecule has 3 rings (SSSR count). The number of quaternary nitrogens is 2. The minimum absolute atomic E-state index is 0.0646. The van der Waals surface area contributed by atoms with Gasteiger partial charge < -0.3 is 19.9 Å². The van der Waals surface area contributed by atoms with Gasteiger partial charge in [0.05, 0.1) is 7.11 Å². The number of piperazine rings is 1. The summed E-state index contributed by atoms with van der Waals surface area (Å²) in [5.74, 6) is 0.818. The number of methoxy groups -OCH3 is 1. The first-order valence-electron chi connectivity index (χ1n) is 8.88. The second kappa shape index (κ2) is 8.65. The summed E-state index contributed by atoms with van der Waals surface area (Å²) in [5.41, 5.74) is 2.17. The Labute approximate surface area is 149 Å². The van der Waals surface area contributed by atoms with E-state index in [2.05, 4.69) is 35.6 Å². The molecule has 1 aliphatic rings. The van der Waals surface area contributed by atoms with Gasteiger partial charge in [-0.2, -0.15) is 0 Å². The van der Waals surface area contributed by atoms with Gasteiger partial charge in [-0.1, -0.05) is 36.4 Å². The first-order valence-corrected chi connectivity index (χ1v) is 8.88. The fourth-order valence-corrected chi connectivity index (χ4v) is 3.33. The Kier molecular flexibility index (Phi) is 6.04. The van der Waals surface area contributed by atoms with Gasteiger partial charge in [0, 0.05) is 17.3 Å². The third-order valence-electron chi connectivity index (χ3n) is 4.73. The van der Waals surface area contributed by atoms with Crippen molar-refractivity contribution >= 4 is 11.6 Å². The summed E-state index contributed by atoms with van der Waals surface area (Å²) in [6, 6.07) is 18.1. The maximum absolute atomic E-state index is 12.3. The lowest BCUT2D eigenvalue weighted by atomic mass is 10.2. The van der Waals surface area contributed by atoms with Crippen LogP contribution in [0.3, 0.4) is 0 Å². The topological polar surface area (TPSA) is 47.2 Å². The molecule has 1 amide bonds. The van der Waals surface area contributed by atoms with E-state index in [-0.39, 0.29) is 5.91 Å². The molecule has 2 aromatic rings. The summed E-state index contributed by atoms with van der Waals surface area (Å²) in [4.78, 5) is 15.2. The largest absolute Gasteiger partial charge is 0.497 e. The average Bonchev–Trinajstić information content (AvgIpc) is 2.64. The molecular formula is C20H27N3O2+2. The summed E-state index contributed by atoms with van der Waals surface area (Å²) >= 11 is 0. The molecule has 5 nitrogen and oxygen atoms in total. The molecule has 5 heteroatoms. The van der Waals surface area contributed by atoms with E-state index in [1.165, 1.54) is 10.5 Å². The van der Waals surface area contributed by atoms with Crippen molar-refractivity contribution in [2.45, 2.75) is 6.54 Å². The molecule has 2 aromatic carbocycles. The van der Waals surface area contributed by atoms with Crippen LogP contribution in [0.25, 0.3) is 0 Å². The molecule has 1 aliphatic heterocycles. The zero-order valence-electron chi connectivity index (χ0n) is 14.8. The second-order valence-electron chi connectivity index (χ2n) is 6.62. The molecule has 132 valence electrons. The lowest BCUT2D eigenvalue weighted by Crippen LogP contribution is -3.28. The van der Waals surface area contributed by atoms with Crippen LogP contribution < -0.4 is 19.9 Å². The van der Waals surface area contributed by atoms with Crippen LogP contribution in [0.1, 0.15) is 5.56 Å². The number of nitrogens with one attached hydrogen (secondary N) is 3. The number of ether oxygens (including phenoxy) is 1. The maximum atomic E-state index is 12.3. The molecule has 25 heavy (non-hydrogen) atoms. The Balaban J connectivity index is 1.43. The molecule has 3 N–H and O–H groups in total. The van der Waals surface area contributed by atoms with E-state index in [1.54, 1.807) is 12.0 Å². The standard InChI is InChI=1S/C20H25N3O2/c1-25-19-9-5-8-18(14-19)21-20(24)16-23-12-10-22(11-13-23)15-17-6-3-2-4-7-17/h2-9,14H,10-13,15-16H2,1H3,(H,21,24)/p+2. The molecule has 1 fully saturated rings.